The van der Waals surface area contributed by atoms with E-state index in [1.807, 2.05) is 35.7 Å². The molecule has 0 aliphatic carbocycles. The van der Waals surface area contributed by atoms with Crippen molar-refractivity contribution in [2.45, 2.75) is 25.4 Å². The van der Waals surface area contributed by atoms with Gasteiger partial charge in [-0.15, -0.1) is 11.3 Å². The van der Waals surface area contributed by atoms with E-state index >= 15 is 0 Å². The molecule has 0 spiro atoms. The maximum absolute atomic E-state index is 13.0. The van der Waals surface area contributed by atoms with Crippen molar-refractivity contribution in [1.29, 1.82) is 0 Å². The summed E-state index contributed by atoms with van der Waals surface area (Å²) in [5.41, 5.74) is 0.882. The summed E-state index contributed by atoms with van der Waals surface area (Å²) >= 11 is 3.13. The van der Waals surface area contributed by atoms with Gasteiger partial charge in [0.25, 0.3) is 0 Å². The molecule has 0 saturated carbocycles. The first-order valence-electron chi connectivity index (χ1n) is 8.62. The van der Waals surface area contributed by atoms with Crippen LogP contribution in [-0.4, -0.2) is 37.3 Å². The van der Waals surface area contributed by atoms with Crippen molar-refractivity contribution >= 4 is 43.9 Å². The predicted molar refractivity (Wildman–Crippen MR) is 106 cm³/mol. The van der Waals surface area contributed by atoms with Crippen LogP contribution in [0.4, 0.5) is 5.13 Å². The Hall–Kier alpha value is -1.96. The minimum atomic E-state index is 0.0639. The lowest BCUT2D eigenvalue weighted by atomic mass is 10.2. The van der Waals surface area contributed by atoms with Crippen LogP contribution in [-0.2, 0) is 16.0 Å². The van der Waals surface area contributed by atoms with Gasteiger partial charge in [-0.1, -0.05) is 17.4 Å². The van der Waals surface area contributed by atoms with Crippen LogP contribution in [0.3, 0.4) is 0 Å². The summed E-state index contributed by atoms with van der Waals surface area (Å²) in [7, 11) is 1.65. The van der Waals surface area contributed by atoms with Gasteiger partial charge in [-0.05, 0) is 42.5 Å². The molecule has 3 aromatic rings. The number of nitrogens with zero attached hydrogens (tertiary/aromatic N) is 2. The van der Waals surface area contributed by atoms with E-state index in [-0.39, 0.29) is 12.0 Å². The van der Waals surface area contributed by atoms with Crippen LogP contribution in [0.15, 0.2) is 35.7 Å². The first-order valence-corrected chi connectivity index (χ1v) is 10.3. The Morgan fingerprint density at radius 3 is 3.08 bits per heavy atom. The fraction of sp³-hybridized carbons (Fsp3) is 0.368. The molecule has 2 aromatic heterocycles. The van der Waals surface area contributed by atoms with E-state index in [2.05, 4.69) is 0 Å². The summed E-state index contributed by atoms with van der Waals surface area (Å²) in [6.07, 6.45) is 2.52. The van der Waals surface area contributed by atoms with Gasteiger partial charge < -0.3 is 9.47 Å². The number of fused-ring (bicyclic) bond motifs is 1. The highest BCUT2D eigenvalue weighted by Gasteiger charge is 2.26. The van der Waals surface area contributed by atoms with Crippen molar-refractivity contribution in [3.8, 4) is 5.75 Å². The van der Waals surface area contributed by atoms with Gasteiger partial charge in [-0.3, -0.25) is 9.69 Å². The highest BCUT2D eigenvalue weighted by atomic mass is 32.1. The third kappa shape index (κ3) is 3.75. The number of methoxy groups -OCH3 is 1. The van der Waals surface area contributed by atoms with Gasteiger partial charge in [0, 0.05) is 11.5 Å². The lowest BCUT2D eigenvalue weighted by Crippen LogP contribution is -2.38. The van der Waals surface area contributed by atoms with Crippen LogP contribution in [0.1, 0.15) is 17.7 Å². The second-order valence-corrected chi connectivity index (χ2v) is 8.27. The van der Waals surface area contributed by atoms with Crippen molar-refractivity contribution in [1.82, 2.24) is 4.98 Å². The first-order chi connectivity index (χ1) is 12.7. The van der Waals surface area contributed by atoms with E-state index in [0.29, 0.717) is 13.0 Å². The molecule has 1 aliphatic heterocycles. The maximum Gasteiger partial charge on any atom is 0.234 e. The Labute approximate surface area is 160 Å². The molecule has 1 fully saturated rings. The summed E-state index contributed by atoms with van der Waals surface area (Å²) in [5.74, 6) is 0.859. The molecule has 1 atom stereocenters. The number of rotatable bonds is 6. The van der Waals surface area contributed by atoms with Gasteiger partial charge in [0.1, 0.15) is 5.75 Å². The zero-order chi connectivity index (χ0) is 17.9. The number of benzene rings is 1. The van der Waals surface area contributed by atoms with Crippen molar-refractivity contribution in [2.75, 3.05) is 25.2 Å². The molecule has 1 unspecified atom stereocenters. The van der Waals surface area contributed by atoms with Gasteiger partial charge in [0.2, 0.25) is 5.91 Å². The van der Waals surface area contributed by atoms with E-state index in [9.17, 15) is 4.79 Å². The standard InChI is InChI=1S/C19H20N2O3S2/c1-23-13-6-7-16-17(10-13)26-19(20-16)21(12-14-4-2-8-24-14)18(22)11-15-5-3-9-25-15/h3,5-7,9-10,14H,2,4,8,11-12H2,1H3. The van der Waals surface area contributed by atoms with Gasteiger partial charge in [0.05, 0.1) is 36.4 Å². The molecule has 0 bridgehead atoms. The molecule has 1 aromatic carbocycles. The number of hydrogen-bond donors (Lipinski definition) is 0. The molecular weight excluding hydrogens is 368 g/mol. The molecule has 0 N–H and O–H groups in total. The number of carbonyl (C=O) groups is 1. The minimum absolute atomic E-state index is 0.0639. The zero-order valence-electron chi connectivity index (χ0n) is 14.5. The smallest absolute Gasteiger partial charge is 0.234 e. The topological polar surface area (TPSA) is 51.7 Å². The third-order valence-corrected chi connectivity index (χ3v) is 6.35. The summed E-state index contributed by atoms with van der Waals surface area (Å²) in [6, 6.07) is 9.76. The molecule has 4 rings (SSSR count). The summed E-state index contributed by atoms with van der Waals surface area (Å²) in [6.45, 7) is 1.33. The van der Waals surface area contributed by atoms with E-state index in [1.54, 1.807) is 23.3 Å². The second kappa shape index (κ2) is 7.73. The van der Waals surface area contributed by atoms with Gasteiger partial charge in [0.15, 0.2) is 5.13 Å². The number of anilines is 1. The van der Waals surface area contributed by atoms with Gasteiger partial charge >= 0.3 is 0 Å². The number of amides is 1. The summed E-state index contributed by atoms with van der Waals surface area (Å²) in [4.78, 5) is 20.6. The minimum Gasteiger partial charge on any atom is -0.497 e. The van der Waals surface area contributed by atoms with E-state index in [0.717, 1.165) is 45.4 Å². The summed E-state index contributed by atoms with van der Waals surface area (Å²) in [5, 5.41) is 2.72. The number of thiophene rings is 1. The molecule has 3 heterocycles. The Balaban J connectivity index is 1.63. The number of thiazole rings is 1. The first kappa shape index (κ1) is 17.5. The number of carbonyl (C=O) groups excluding carboxylic acids is 1. The Bertz CT molecular complexity index is 885. The Morgan fingerprint density at radius 1 is 1.42 bits per heavy atom. The predicted octanol–water partition coefficient (Wildman–Crippen LogP) is 4.12. The average molecular weight is 389 g/mol. The monoisotopic (exact) mass is 388 g/mol. The number of ether oxygens (including phenoxy) is 2. The third-order valence-electron chi connectivity index (χ3n) is 4.43. The van der Waals surface area contributed by atoms with E-state index in [4.69, 9.17) is 14.5 Å². The molecule has 0 radical (unpaired) electrons. The maximum atomic E-state index is 13.0. The molecule has 136 valence electrons. The van der Waals surface area contributed by atoms with Crippen molar-refractivity contribution in [3.05, 3.63) is 40.6 Å². The average Bonchev–Trinajstić information content (AvgIpc) is 3.39. The lowest BCUT2D eigenvalue weighted by molar-refractivity contribution is -0.118. The SMILES string of the molecule is COc1ccc2nc(N(CC3CCCO3)C(=O)Cc3cccs3)sc2c1. The van der Waals surface area contributed by atoms with Crippen molar-refractivity contribution < 1.29 is 14.3 Å². The van der Waals surface area contributed by atoms with Crippen molar-refractivity contribution in [3.63, 3.8) is 0 Å². The molecule has 1 saturated heterocycles. The highest BCUT2D eigenvalue weighted by molar-refractivity contribution is 7.22. The normalized spacial score (nSPS) is 16.9. The fourth-order valence-electron chi connectivity index (χ4n) is 3.07. The number of aromatic nitrogens is 1. The van der Waals surface area contributed by atoms with Gasteiger partial charge in [-0.2, -0.15) is 0 Å². The fourth-order valence-corrected chi connectivity index (χ4v) is 4.79. The van der Waals surface area contributed by atoms with Crippen LogP contribution in [0, 0.1) is 0 Å². The van der Waals surface area contributed by atoms with Crippen molar-refractivity contribution in [2.24, 2.45) is 0 Å². The number of hydrogen-bond acceptors (Lipinski definition) is 6. The largest absolute Gasteiger partial charge is 0.497 e. The Kier molecular flexibility index (Phi) is 5.19. The van der Waals surface area contributed by atoms with Crippen LogP contribution in [0.5, 0.6) is 5.75 Å². The van der Waals surface area contributed by atoms with E-state index in [1.165, 1.54) is 11.3 Å². The lowest BCUT2D eigenvalue weighted by Gasteiger charge is -2.22. The molecular formula is C19H20N2O3S2. The van der Waals surface area contributed by atoms with Crippen LogP contribution in [0.25, 0.3) is 10.2 Å². The summed E-state index contributed by atoms with van der Waals surface area (Å²) < 4.78 is 12.1. The highest BCUT2D eigenvalue weighted by Crippen LogP contribution is 2.32. The molecule has 5 nitrogen and oxygen atoms in total. The molecule has 1 aliphatic rings. The molecule has 1 amide bonds. The van der Waals surface area contributed by atoms with E-state index < -0.39 is 0 Å². The Morgan fingerprint density at radius 2 is 2.35 bits per heavy atom. The van der Waals surface area contributed by atoms with Crippen LogP contribution >= 0.6 is 22.7 Å². The molecule has 26 heavy (non-hydrogen) atoms. The molecule has 7 heteroatoms. The second-order valence-electron chi connectivity index (χ2n) is 6.23. The zero-order valence-corrected chi connectivity index (χ0v) is 16.1. The van der Waals surface area contributed by atoms with Gasteiger partial charge in [-0.25, -0.2) is 4.98 Å². The quantitative estimate of drug-likeness (QED) is 0.637. The van der Waals surface area contributed by atoms with Crippen LogP contribution in [0.2, 0.25) is 0 Å². The van der Waals surface area contributed by atoms with Crippen LogP contribution < -0.4 is 9.64 Å².